The number of piperazine rings is 1. The van der Waals surface area contributed by atoms with Gasteiger partial charge in [-0.2, -0.15) is 10.2 Å². The van der Waals surface area contributed by atoms with Gasteiger partial charge in [-0.05, 0) is 69.5 Å². The molecule has 4 aromatic rings. The lowest BCUT2D eigenvalue weighted by molar-refractivity contribution is -0.130. The fourth-order valence-corrected chi connectivity index (χ4v) is 6.37. The number of carbonyl (C=O) groups excluding carboxylic acids is 1. The summed E-state index contributed by atoms with van der Waals surface area (Å²) in [5.74, 6) is 0.559. The van der Waals surface area contributed by atoms with Crippen LogP contribution in [0.1, 0.15) is 45.2 Å². The summed E-state index contributed by atoms with van der Waals surface area (Å²) < 4.78 is 9.60. The molecule has 0 saturated carbocycles. The predicted octanol–water partition coefficient (Wildman–Crippen LogP) is 3.95. The van der Waals surface area contributed by atoms with E-state index in [0.29, 0.717) is 18.9 Å². The van der Waals surface area contributed by atoms with E-state index in [1.165, 1.54) is 6.33 Å². The number of hydrogen-bond acceptors (Lipinski definition) is 7. The Bertz CT molecular complexity index is 1510. The normalized spacial score (nSPS) is 20.6. The molecule has 2 atom stereocenters. The van der Waals surface area contributed by atoms with Gasteiger partial charge >= 0.3 is 0 Å². The molecule has 2 N–H and O–H groups in total. The zero-order valence-corrected chi connectivity index (χ0v) is 23.0. The zero-order chi connectivity index (χ0) is 27.3. The van der Waals surface area contributed by atoms with Gasteiger partial charge < -0.3 is 20.3 Å². The Hall–Kier alpha value is -3.92. The molecule has 0 bridgehead atoms. The summed E-state index contributed by atoms with van der Waals surface area (Å²) in [7, 11) is 0. The monoisotopic (exact) mass is 528 g/mol. The van der Waals surface area contributed by atoms with E-state index < -0.39 is 0 Å². The number of nitrogens with two attached hydrogens (primary N) is 1. The number of nitrogen functional groups attached to an aromatic ring is 1. The number of ether oxygens (including phenoxy) is 1. The van der Waals surface area contributed by atoms with Gasteiger partial charge in [0.15, 0.2) is 5.82 Å². The highest BCUT2D eigenvalue weighted by molar-refractivity contribution is 5.91. The van der Waals surface area contributed by atoms with Crippen molar-refractivity contribution in [2.45, 2.75) is 58.7 Å². The largest absolute Gasteiger partial charge is 0.382 e. The number of amides is 1. The highest BCUT2D eigenvalue weighted by Crippen LogP contribution is 2.38. The minimum Gasteiger partial charge on any atom is -0.382 e. The second-order valence-corrected chi connectivity index (χ2v) is 10.9. The lowest BCUT2D eigenvalue weighted by atomic mass is 10.0. The molecule has 1 amide bonds. The average Bonchev–Trinajstić information content (AvgIpc) is 3.54. The summed E-state index contributed by atoms with van der Waals surface area (Å²) in [4.78, 5) is 20.8. The minimum atomic E-state index is 0.128. The number of rotatable bonds is 4. The molecule has 6 rings (SSSR count). The van der Waals surface area contributed by atoms with Crippen molar-refractivity contribution in [3.05, 3.63) is 48.4 Å². The smallest absolute Gasteiger partial charge is 0.219 e. The summed E-state index contributed by atoms with van der Waals surface area (Å²) in [5, 5.41) is 9.34. The standard InChI is InChI=1S/C29H36N8O2/c1-18-11-22(13-24(12-18)35-19(2)15-34(21(4)38)16-20(35)3)27-14-25(28-29(30)31-17-33-37(27)28)26-5-8-32-36(26)23-6-9-39-10-7-23/h5,8,11-14,17,19-20,23H,6-7,9-10,15-16H2,1-4H3,(H2,30,31,33). The van der Waals surface area contributed by atoms with Crippen LogP contribution in [-0.2, 0) is 9.53 Å². The second-order valence-electron chi connectivity index (χ2n) is 10.9. The first kappa shape index (κ1) is 25.4. The Balaban J connectivity index is 1.45. The molecule has 0 aliphatic carbocycles. The van der Waals surface area contributed by atoms with Crippen molar-refractivity contribution in [2.24, 2.45) is 0 Å². The van der Waals surface area contributed by atoms with Crippen LogP contribution in [0.4, 0.5) is 11.5 Å². The Morgan fingerprint density at radius 3 is 2.49 bits per heavy atom. The number of nitrogens with zero attached hydrogens (tertiary/aromatic N) is 7. The number of benzene rings is 1. The molecular weight excluding hydrogens is 492 g/mol. The molecule has 2 aliphatic heterocycles. The van der Waals surface area contributed by atoms with Crippen molar-refractivity contribution in [1.29, 1.82) is 0 Å². The van der Waals surface area contributed by atoms with Gasteiger partial charge in [-0.3, -0.25) is 9.48 Å². The topological polar surface area (TPSA) is 107 Å². The highest BCUT2D eigenvalue weighted by atomic mass is 16.5. The van der Waals surface area contributed by atoms with Crippen molar-refractivity contribution in [3.8, 4) is 22.5 Å². The maximum Gasteiger partial charge on any atom is 0.219 e. The molecule has 2 unspecified atom stereocenters. The Morgan fingerprint density at radius 1 is 1.03 bits per heavy atom. The molecule has 204 valence electrons. The van der Waals surface area contributed by atoms with Gasteiger partial charge in [0.05, 0.1) is 17.4 Å². The van der Waals surface area contributed by atoms with Crippen LogP contribution >= 0.6 is 0 Å². The van der Waals surface area contributed by atoms with E-state index in [1.54, 1.807) is 6.92 Å². The van der Waals surface area contributed by atoms with E-state index in [0.717, 1.165) is 65.3 Å². The maximum atomic E-state index is 12.1. The third-order valence-electron chi connectivity index (χ3n) is 8.09. The fourth-order valence-electron chi connectivity index (χ4n) is 6.37. The van der Waals surface area contributed by atoms with Gasteiger partial charge in [0.2, 0.25) is 5.91 Å². The number of fused-ring (bicyclic) bond motifs is 1. The number of anilines is 2. The van der Waals surface area contributed by atoms with Gasteiger partial charge in [0.1, 0.15) is 11.8 Å². The second kappa shape index (κ2) is 10.00. The van der Waals surface area contributed by atoms with Crippen molar-refractivity contribution in [1.82, 2.24) is 29.3 Å². The van der Waals surface area contributed by atoms with E-state index in [4.69, 9.17) is 15.6 Å². The maximum absolute atomic E-state index is 12.1. The lowest BCUT2D eigenvalue weighted by Gasteiger charge is -2.45. The number of aromatic nitrogens is 5. The molecule has 0 spiro atoms. The van der Waals surface area contributed by atoms with Crippen molar-refractivity contribution < 1.29 is 9.53 Å². The van der Waals surface area contributed by atoms with Crippen LogP contribution in [0.3, 0.4) is 0 Å². The number of hydrogen-bond donors (Lipinski definition) is 1. The Kier molecular flexibility index (Phi) is 6.50. The van der Waals surface area contributed by atoms with Crippen LogP contribution in [0.25, 0.3) is 28.0 Å². The number of carbonyl (C=O) groups is 1. The third-order valence-corrected chi connectivity index (χ3v) is 8.09. The summed E-state index contributed by atoms with van der Waals surface area (Å²) >= 11 is 0. The van der Waals surface area contributed by atoms with Gasteiger partial charge in [0, 0.05) is 68.3 Å². The minimum absolute atomic E-state index is 0.128. The number of aryl methyl sites for hydroxylation is 1. The van der Waals surface area contributed by atoms with E-state index in [9.17, 15) is 4.79 Å². The van der Waals surface area contributed by atoms with Crippen LogP contribution in [-0.4, -0.2) is 73.6 Å². The van der Waals surface area contributed by atoms with E-state index >= 15 is 0 Å². The van der Waals surface area contributed by atoms with E-state index in [-0.39, 0.29) is 24.0 Å². The predicted molar refractivity (Wildman–Crippen MR) is 152 cm³/mol. The van der Waals surface area contributed by atoms with Crippen molar-refractivity contribution in [2.75, 3.05) is 36.9 Å². The molecular formula is C29H36N8O2. The molecule has 3 aromatic heterocycles. The first-order valence-electron chi connectivity index (χ1n) is 13.7. The molecule has 1 aromatic carbocycles. The molecule has 10 nitrogen and oxygen atoms in total. The first-order chi connectivity index (χ1) is 18.8. The van der Waals surface area contributed by atoms with Crippen molar-refractivity contribution in [3.63, 3.8) is 0 Å². The summed E-state index contributed by atoms with van der Waals surface area (Å²) in [6.07, 6.45) is 5.21. The summed E-state index contributed by atoms with van der Waals surface area (Å²) in [6.45, 7) is 11.0. The van der Waals surface area contributed by atoms with Crippen molar-refractivity contribution >= 4 is 22.9 Å². The SMILES string of the molecule is CC(=O)N1CC(C)N(c2cc(C)cc(-c3cc(-c4ccnn4C4CCOCC4)c4c(N)ncnn34)c2)C(C)C1. The summed E-state index contributed by atoms with van der Waals surface area (Å²) in [5.41, 5.74) is 13.5. The van der Waals surface area contributed by atoms with Crippen LogP contribution in [0, 0.1) is 6.92 Å². The molecule has 2 fully saturated rings. The molecule has 2 saturated heterocycles. The van der Waals surface area contributed by atoms with Gasteiger partial charge in [-0.1, -0.05) is 0 Å². The third kappa shape index (κ3) is 4.52. The summed E-state index contributed by atoms with van der Waals surface area (Å²) in [6, 6.07) is 11.5. The average molecular weight is 529 g/mol. The first-order valence-corrected chi connectivity index (χ1v) is 13.7. The van der Waals surface area contributed by atoms with Crippen LogP contribution in [0.15, 0.2) is 42.9 Å². The highest BCUT2D eigenvalue weighted by Gasteiger charge is 2.31. The molecule has 0 radical (unpaired) electrons. The Labute approximate surface area is 228 Å². The van der Waals surface area contributed by atoms with Crippen LogP contribution in [0.5, 0.6) is 0 Å². The van der Waals surface area contributed by atoms with E-state index in [2.05, 4.69) is 64.7 Å². The van der Waals surface area contributed by atoms with Gasteiger partial charge in [-0.15, -0.1) is 0 Å². The molecule has 2 aliphatic rings. The fraction of sp³-hybridized carbons (Fsp3) is 0.448. The van der Waals surface area contributed by atoms with E-state index in [1.807, 2.05) is 21.7 Å². The quantitative estimate of drug-likeness (QED) is 0.427. The van der Waals surface area contributed by atoms with Crippen LogP contribution in [0.2, 0.25) is 0 Å². The lowest BCUT2D eigenvalue weighted by Crippen LogP contribution is -2.58. The van der Waals surface area contributed by atoms with Gasteiger partial charge in [0.25, 0.3) is 0 Å². The molecule has 5 heterocycles. The van der Waals surface area contributed by atoms with Gasteiger partial charge in [-0.25, -0.2) is 9.50 Å². The zero-order valence-electron chi connectivity index (χ0n) is 23.0. The molecule has 10 heteroatoms. The molecule has 39 heavy (non-hydrogen) atoms. The van der Waals surface area contributed by atoms with Crippen LogP contribution < -0.4 is 10.6 Å². The Morgan fingerprint density at radius 2 is 1.77 bits per heavy atom.